The fourth-order valence-electron chi connectivity index (χ4n) is 3.33. The topological polar surface area (TPSA) is 40.6 Å². The van der Waals surface area contributed by atoms with Crippen molar-refractivity contribution in [2.45, 2.75) is 65.2 Å². The largest absolute Gasteiger partial charge is 4.00 e. The van der Waals surface area contributed by atoms with Crippen LogP contribution in [-0.4, -0.2) is 25.9 Å². The third-order valence-corrected chi connectivity index (χ3v) is 5.81. The van der Waals surface area contributed by atoms with Crippen molar-refractivity contribution >= 4 is 23.2 Å². The van der Waals surface area contributed by atoms with Gasteiger partial charge in [0.2, 0.25) is 11.8 Å². The third kappa shape index (κ3) is 16.3. The van der Waals surface area contributed by atoms with Crippen LogP contribution in [0.5, 0.6) is 0 Å². The molecule has 0 aliphatic heterocycles. The van der Waals surface area contributed by atoms with E-state index >= 15 is 0 Å². The van der Waals surface area contributed by atoms with Crippen LogP contribution in [0.4, 0.5) is 28.9 Å². The molecule has 2 aromatic rings. The summed E-state index contributed by atoms with van der Waals surface area (Å²) in [5.74, 6) is -3.58. The molecule has 228 valence electrons. The van der Waals surface area contributed by atoms with E-state index in [4.69, 9.17) is 0 Å². The Morgan fingerprint density at radius 3 is 1.30 bits per heavy atom. The second kappa shape index (κ2) is 23.3. The molecule has 9 heteroatoms. The number of allylic oxidation sites excluding steroid dienone is 8. The van der Waals surface area contributed by atoms with Gasteiger partial charge in [-0.15, -0.1) is 49.2 Å². The minimum Gasteiger partial charge on any atom is -0.366 e. The summed E-state index contributed by atoms with van der Waals surface area (Å²) in [4.78, 5) is 25.6. The van der Waals surface area contributed by atoms with Crippen molar-refractivity contribution in [3.05, 3.63) is 108 Å². The van der Waals surface area contributed by atoms with Crippen molar-refractivity contribution in [1.82, 2.24) is 0 Å². The molecule has 0 atom stereocenters. The molecule has 0 saturated carbocycles. The average molecular weight is 631 g/mol. The first-order valence-electron chi connectivity index (χ1n) is 13.8. The van der Waals surface area contributed by atoms with Gasteiger partial charge in [0.1, 0.15) is 0 Å². The first-order chi connectivity index (χ1) is 20.1. The van der Waals surface area contributed by atoms with Gasteiger partial charge in [-0.1, -0.05) is 26.7 Å². The van der Waals surface area contributed by atoms with Gasteiger partial charge in [0, 0.05) is 50.2 Å². The first kappa shape index (κ1) is 39.8. The molecule has 4 rings (SSSR count). The molecule has 2 aliphatic carbocycles. The number of hydrogen-bond acceptors (Lipinski definition) is 2. The SMILES string of the molecule is CCCCC(=O)N(C)c1ccc(F)[c-]c1F.CCCCC(=O)N(C)c1ccc(F)[c-]c1F.[C-]1=CC=CC1.[C-]1=CC=CC1.[Ti+4]. The Balaban J connectivity index is 0.000000608. The summed E-state index contributed by atoms with van der Waals surface area (Å²) in [5, 5.41) is 0. The maximum Gasteiger partial charge on any atom is 4.00 e. The van der Waals surface area contributed by atoms with E-state index < -0.39 is 23.3 Å². The second-order valence-electron chi connectivity index (χ2n) is 9.13. The van der Waals surface area contributed by atoms with Gasteiger partial charge in [-0.3, -0.25) is 21.7 Å². The van der Waals surface area contributed by atoms with Crippen molar-refractivity contribution in [1.29, 1.82) is 0 Å². The van der Waals surface area contributed by atoms with Gasteiger partial charge < -0.3 is 9.80 Å². The molecule has 0 heterocycles. The molecule has 0 unspecified atom stereocenters. The number of amides is 2. The number of nitrogens with zero attached hydrogens (tertiary/aromatic N) is 2. The van der Waals surface area contributed by atoms with Crippen molar-refractivity contribution in [3.8, 4) is 0 Å². The summed E-state index contributed by atoms with van der Waals surface area (Å²) in [6.45, 7) is 3.94. The molecule has 0 bridgehead atoms. The molecule has 0 saturated heterocycles. The zero-order valence-electron chi connectivity index (χ0n) is 25.2. The molecule has 4 nitrogen and oxygen atoms in total. The van der Waals surface area contributed by atoms with Crippen molar-refractivity contribution < 1.29 is 48.9 Å². The standard InChI is InChI=1S/2C12H14F2NO.2C5H5.Ti/c2*1-3-4-5-12(16)15(2)11-7-6-9(13)8-10(11)14;2*1-2-4-5-3-1;/h2*6-7H,3-5H2,1-2H3;2*1-3H,4H2;/q4*-1;+4. The number of carbonyl (C=O) groups excluding carboxylic acids is 2. The summed E-state index contributed by atoms with van der Waals surface area (Å²) in [7, 11) is 2.95. The van der Waals surface area contributed by atoms with Gasteiger partial charge in [-0.2, -0.15) is 12.2 Å². The predicted octanol–water partition coefficient (Wildman–Crippen LogP) is 8.44. The maximum atomic E-state index is 13.3. The Morgan fingerprint density at radius 1 is 0.698 bits per heavy atom. The van der Waals surface area contributed by atoms with E-state index in [9.17, 15) is 27.2 Å². The van der Waals surface area contributed by atoms with Crippen LogP contribution < -0.4 is 9.80 Å². The van der Waals surface area contributed by atoms with Gasteiger partial charge >= 0.3 is 21.7 Å². The Morgan fingerprint density at radius 2 is 1.07 bits per heavy atom. The maximum absolute atomic E-state index is 13.3. The summed E-state index contributed by atoms with van der Waals surface area (Å²) < 4.78 is 51.8. The number of carbonyl (C=O) groups is 2. The van der Waals surface area contributed by atoms with Gasteiger partial charge in [0.15, 0.2) is 0 Å². The van der Waals surface area contributed by atoms with E-state index in [1.165, 1.54) is 36.0 Å². The number of anilines is 2. The van der Waals surface area contributed by atoms with Crippen LogP contribution in [0.2, 0.25) is 0 Å². The Bertz CT molecular complexity index is 1130. The van der Waals surface area contributed by atoms with E-state index in [0.29, 0.717) is 12.8 Å². The Labute approximate surface area is 268 Å². The van der Waals surface area contributed by atoms with Crippen LogP contribution in [0.3, 0.4) is 0 Å². The van der Waals surface area contributed by atoms with E-state index in [1.54, 1.807) is 0 Å². The number of rotatable bonds is 8. The quantitative estimate of drug-likeness (QED) is 0.167. The summed E-state index contributed by atoms with van der Waals surface area (Å²) in [5.41, 5.74) is 0.116. The van der Waals surface area contributed by atoms with E-state index in [1.807, 2.05) is 50.3 Å². The molecule has 2 aliphatic rings. The Hall–Kier alpha value is -3.23. The first-order valence-corrected chi connectivity index (χ1v) is 13.8. The molecule has 0 radical (unpaired) electrons. The average Bonchev–Trinajstić information content (AvgIpc) is 3.74. The predicted molar refractivity (Wildman–Crippen MR) is 159 cm³/mol. The van der Waals surface area contributed by atoms with Crippen molar-refractivity contribution in [2.75, 3.05) is 23.9 Å². The van der Waals surface area contributed by atoms with Crippen LogP contribution in [0.1, 0.15) is 65.2 Å². The fourth-order valence-corrected chi connectivity index (χ4v) is 3.33. The van der Waals surface area contributed by atoms with E-state index in [0.717, 1.165) is 50.7 Å². The minimum absolute atomic E-state index is 0. The molecular weight excluding hydrogens is 592 g/mol. The van der Waals surface area contributed by atoms with Gasteiger partial charge in [-0.25, -0.2) is 41.9 Å². The second-order valence-corrected chi connectivity index (χ2v) is 9.13. The molecule has 0 aromatic heterocycles. The molecule has 2 amide bonds. The molecule has 0 N–H and O–H groups in total. The fraction of sp³-hybridized carbons (Fsp3) is 0.353. The van der Waals surface area contributed by atoms with Crippen molar-refractivity contribution in [3.63, 3.8) is 0 Å². The molecular formula is C34H38F4N2O2Ti. The Kier molecular flexibility index (Phi) is 21.5. The van der Waals surface area contributed by atoms with E-state index in [-0.39, 0.29) is 44.9 Å². The number of benzene rings is 2. The van der Waals surface area contributed by atoms with Crippen molar-refractivity contribution in [2.24, 2.45) is 0 Å². The monoisotopic (exact) mass is 630 g/mol. The van der Waals surface area contributed by atoms with Crippen LogP contribution in [0.15, 0.2) is 60.7 Å². The van der Waals surface area contributed by atoms with Crippen LogP contribution in [-0.2, 0) is 31.3 Å². The molecule has 2 aromatic carbocycles. The third-order valence-electron chi connectivity index (χ3n) is 5.81. The number of unbranched alkanes of at least 4 members (excludes halogenated alkanes) is 2. The molecule has 0 fully saturated rings. The summed E-state index contributed by atoms with van der Waals surface area (Å²) in [6, 6.07) is 8.46. The van der Waals surface area contributed by atoms with Gasteiger partial charge in [-0.05, 0) is 24.2 Å². The zero-order chi connectivity index (χ0) is 31.3. The van der Waals surface area contributed by atoms with Crippen LogP contribution in [0, 0.1) is 47.6 Å². The number of hydrogen-bond donors (Lipinski definition) is 0. The normalized spacial score (nSPS) is 11.7. The smallest absolute Gasteiger partial charge is 0.366 e. The van der Waals surface area contributed by atoms with Gasteiger partial charge in [0.25, 0.3) is 0 Å². The summed E-state index contributed by atoms with van der Waals surface area (Å²) >= 11 is 0. The van der Waals surface area contributed by atoms with Gasteiger partial charge in [0.05, 0.1) is 0 Å². The summed E-state index contributed by atoms with van der Waals surface area (Å²) in [6.07, 6.45) is 24.0. The van der Waals surface area contributed by atoms with E-state index in [2.05, 4.69) is 24.3 Å². The van der Waals surface area contributed by atoms with Crippen LogP contribution in [0.25, 0.3) is 0 Å². The number of halogens is 4. The van der Waals surface area contributed by atoms with Crippen LogP contribution >= 0.6 is 0 Å². The molecule has 0 spiro atoms. The minimum atomic E-state index is -0.840. The molecule has 43 heavy (non-hydrogen) atoms. The zero-order valence-corrected chi connectivity index (χ0v) is 26.7.